The monoisotopic (exact) mass is 430 g/mol. The Morgan fingerprint density at radius 3 is 2.45 bits per heavy atom. The Morgan fingerprint density at radius 1 is 1.24 bits per heavy atom. The lowest BCUT2D eigenvalue weighted by Gasteiger charge is -2.12. The van der Waals surface area contributed by atoms with Crippen LogP contribution in [0.5, 0.6) is 11.5 Å². The number of carbonyl (C=O) groups excluding carboxylic acids is 1. The van der Waals surface area contributed by atoms with Gasteiger partial charge in [0.1, 0.15) is 17.1 Å². The Bertz CT molecular complexity index is 976. The van der Waals surface area contributed by atoms with Crippen LogP contribution in [0.3, 0.4) is 0 Å². The van der Waals surface area contributed by atoms with E-state index in [-0.39, 0.29) is 34.4 Å². The van der Waals surface area contributed by atoms with Gasteiger partial charge in [-0.2, -0.15) is 18.2 Å². The van der Waals surface area contributed by atoms with E-state index in [2.05, 4.69) is 4.99 Å². The molecule has 0 aromatic heterocycles. The second kappa shape index (κ2) is 8.91. The molecule has 0 unspecified atom stereocenters. The molecule has 2 rings (SSSR count). The van der Waals surface area contributed by atoms with Gasteiger partial charge >= 0.3 is 6.18 Å². The summed E-state index contributed by atoms with van der Waals surface area (Å²) in [7, 11) is 1.19. The van der Waals surface area contributed by atoms with Gasteiger partial charge in [0.2, 0.25) is 11.8 Å². The fourth-order valence-corrected chi connectivity index (χ4v) is 2.42. The van der Waals surface area contributed by atoms with Crippen molar-refractivity contribution >= 4 is 29.1 Å². The van der Waals surface area contributed by atoms with Crippen molar-refractivity contribution in [2.45, 2.75) is 19.5 Å². The third-order valence-electron chi connectivity index (χ3n) is 3.60. The molecular weight excluding hydrogens is 417 g/mol. The summed E-state index contributed by atoms with van der Waals surface area (Å²) in [5.74, 6) is -0.943. The first-order chi connectivity index (χ1) is 13.6. The number of ether oxygens (including phenoxy) is 2. The van der Waals surface area contributed by atoms with Crippen LogP contribution in [0.4, 0.5) is 18.9 Å². The maximum atomic E-state index is 12.7. The van der Waals surface area contributed by atoms with E-state index in [1.54, 1.807) is 6.92 Å². The summed E-state index contributed by atoms with van der Waals surface area (Å²) in [6.45, 7) is 1.56. The van der Waals surface area contributed by atoms with Gasteiger partial charge in [-0.05, 0) is 24.3 Å². The molecule has 2 aromatic carbocycles. The number of carbonyl (C=O) groups is 1. The fraction of sp³-hybridized carbons (Fsp3) is 0.222. The maximum Gasteiger partial charge on any atom is 0.416 e. The van der Waals surface area contributed by atoms with Crippen molar-refractivity contribution in [3.63, 3.8) is 0 Å². The maximum absolute atomic E-state index is 12.7. The fourth-order valence-electron chi connectivity index (χ4n) is 2.20. The molecule has 0 aliphatic rings. The molecule has 0 atom stereocenters. The molecule has 0 spiro atoms. The molecule has 0 aliphatic heterocycles. The highest BCUT2D eigenvalue weighted by Gasteiger charge is 2.31. The predicted molar refractivity (Wildman–Crippen MR) is 98.5 cm³/mol. The molecule has 0 N–H and O–H groups in total. The van der Waals surface area contributed by atoms with E-state index in [1.165, 1.54) is 19.2 Å². The number of hydrogen-bond acceptors (Lipinski definition) is 5. The van der Waals surface area contributed by atoms with E-state index in [0.717, 1.165) is 18.2 Å². The molecule has 0 saturated heterocycles. The molecule has 0 bridgehead atoms. The van der Waals surface area contributed by atoms with Gasteiger partial charge in [-0.1, -0.05) is 18.5 Å². The third-order valence-corrected chi connectivity index (χ3v) is 3.90. The van der Waals surface area contributed by atoms with Crippen LogP contribution in [0.15, 0.2) is 41.4 Å². The molecular formula is C18H14ClF3N2O5. The van der Waals surface area contributed by atoms with Crippen molar-refractivity contribution in [1.82, 2.24) is 0 Å². The lowest BCUT2D eigenvalue weighted by atomic mass is 10.1. The van der Waals surface area contributed by atoms with E-state index < -0.39 is 28.3 Å². The number of halogens is 4. The van der Waals surface area contributed by atoms with Crippen LogP contribution in [-0.4, -0.2) is 23.8 Å². The SMILES string of the molecule is CCC(=O)N=C(OC)c1cc(Oc2ccc(C(F)(F)F)cc2Cl)ccc1[N+](=O)[O-]. The number of aliphatic imine (C=N–C) groups is 1. The van der Waals surface area contributed by atoms with E-state index in [9.17, 15) is 28.1 Å². The van der Waals surface area contributed by atoms with Crippen molar-refractivity contribution in [2.75, 3.05) is 7.11 Å². The van der Waals surface area contributed by atoms with Crippen molar-refractivity contribution in [3.05, 3.63) is 62.7 Å². The molecule has 29 heavy (non-hydrogen) atoms. The highest BCUT2D eigenvalue weighted by molar-refractivity contribution is 6.32. The number of nitro benzene ring substituents is 1. The number of amides is 1. The molecule has 11 heteroatoms. The molecule has 1 amide bonds. The Kier molecular flexibility index (Phi) is 6.80. The van der Waals surface area contributed by atoms with Gasteiger partial charge in [0, 0.05) is 18.6 Å². The Balaban J connectivity index is 2.47. The van der Waals surface area contributed by atoms with Crippen LogP contribution in [0.1, 0.15) is 24.5 Å². The number of nitrogens with zero attached hydrogens (tertiary/aromatic N) is 2. The molecule has 0 radical (unpaired) electrons. The minimum atomic E-state index is -4.57. The van der Waals surface area contributed by atoms with Crippen LogP contribution in [-0.2, 0) is 15.7 Å². The average Bonchev–Trinajstić information content (AvgIpc) is 2.66. The highest BCUT2D eigenvalue weighted by atomic mass is 35.5. The minimum absolute atomic E-state index is 0.0148. The Hall–Kier alpha value is -3.14. The summed E-state index contributed by atoms with van der Waals surface area (Å²) in [6, 6.07) is 6.01. The quantitative estimate of drug-likeness (QED) is 0.274. The smallest absolute Gasteiger partial charge is 0.416 e. The third kappa shape index (κ3) is 5.44. The van der Waals surface area contributed by atoms with Gasteiger partial charge in [0.25, 0.3) is 5.69 Å². The van der Waals surface area contributed by atoms with Crippen LogP contribution < -0.4 is 4.74 Å². The van der Waals surface area contributed by atoms with E-state index in [4.69, 9.17) is 21.1 Å². The lowest BCUT2D eigenvalue weighted by molar-refractivity contribution is -0.385. The van der Waals surface area contributed by atoms with Gasteiger partial charge in [-0.25, -0.2) is 0 Å². The van der Waals surface area contributed by atoms with Gasteiger partial charge in [0.05, 0.1) is 22.6 Å². The van der Waals surface area contributed by atoms with Gasteiger partial charge in [-0.15, -0.1) is 0 Å². The second-order valence-corrected chi connectivity index (χ2v) is 5.96. The van der Waals surface area contributed by atoms with E-state index >= 15 is 0 Å². The van der Waals surface area contributed by atoms with Crippen LogP contribution in [0, 0.1) is 10.1 Å². The second-order valence-electron chi connectivity index (χ2n) is 5.55. The van der Waals surface area contributed by atoms with Gasteiger partial charge < -0.3 is 9.47 Å². The zero-order valence-electron chi connectivity index (χ0n) is 15.1. The summed E-state index contributed by atoms with van der Waals surface area (Å²) in [4.78, 5) is 25.9. The van der Waals surface area contributed by atoms with Crippen molar-refractivity contribution < 1.29 is 32.4 Å². The first kappa shape index (κ1) is 22.2. The first-order valence-corrected chi connectivity index (χ1v) is 8.43. The molecule has 0 saturated carbocycles. The minimum Gasteiger partial charge on any atom is -0.480 e. The lowest BCUT2D eigenvalue weighted by Crippen LogP contribution is -2.10. The topological polar surface area (TPSA) is 91.0 Å². The average molecular weight is 431 g/mol. The van der Waals surface area contributed by atoms with Crippen LogP contribution >= 0.6 is 11.6 Å². The van der Waals surface area contributed by atoms with E-state index in [0.29, 0.717) is 6.07 Å². The number of rotatable bonds is 5. The predicted octanol–water partition coefficient (Wildman–Crippen LogP) is 5.39. The van der Waals surface area contributed by atoms with Gasteiger partial charge in [0.15, 0.2) is 0 Å². The first-order valence-electron chi connectivity index (χ1n) is 8.05. The van der Waals surface area contributed by atoms with Crippen LogP contribution in [0.2, 0.25) is 5.02 Å². The Morgan fingerprint density at radius 2 is 1.93 bits per heavy atom. The molecule has 2 aromatic rings. The number of benzene rings is 2. The zero-order chi connectivity index (χ0) is 21.8. The summed E-state index contributed by atoms with van der Waals surface area (Å²) >= 11 is 5.86. The molecule has 0 heterocycles. The van der Waals surface area contributed by atoms with E-state index in [1.807, 2.05) is 0 Å². The Labute approximate surface area is 167 Å². The number of nitro groups is 1. The molecule has 7 nitrogen and oxygen atoms in total. The number of alkyl halides is 3. The van der Waals surface area contributed by atoms with Crippen molar-refractivity contribution in [3.8, 4) is 11.5 Å². The summed E-state index contributed by atoms with van der Waals surface area (Å²) in [6.07, 6.45) is -4.52. The summed E-state index contributed by atoms with van der Waals surface area (Å²) in [5, 5.41) is 11.0. The highest BCUT2D eigenvalue weighted by Crippen LogP contribution is 2.37. The normalized spacial score (nSPS) is 11.9. The number of methoxy groups -OCH3 is 1. The molecule has 0 fully saturated rings. The largest absolute Gasteiger partial charge is 0.480 e. The number of hydrogen-bond donors (Lipinski definition) is 0. The molecule has 0 aliphatic carbocycles. The summed E-state index contributed by atoms with van der Waals surface area (Å²) < 4.78 is 48.7. The summed E-state index contributed by atoms with van der Waals surface area (Å²) in [5.41, 5.74) is -1.49. The molecule has 154 valence electrons. The zero-order valence-corrected chi connectivity index (χ0v) is 15.9. The van der Waals surface area contributed by atoms with Crippen LogP contribution in [0.25, 0.3) is 0 Å². The van der Waals surface area contributed by atoms with Gasteiger partial charge in [-0.3, -0.25) is 14.9 Å². The van der Waals surface area contributed by atoms with Crippen molar-refractivity contribution in [1.29, 1.82) is 0 Å². The van der Waals surface area contributed by atoms with Crippen molar-refractivity contribution in [2.24, 2.45) is 4.99 Å². The standard InChI is InChI=1S/C18H14ClF3N2O5/c1-3-16(25)23-17(28-2)12-9-11(5-6-14(12)24(26)27)29-15-7-4-10(8-13(15)19)18(20,21)22/h4-9H,3H2,1-2H3.